The molecule has 0 aliphatic rings. The Morgan fingerprint density at radius 1 is 1.52 bits per heavy atom. The molecule has 21 heavy (non-hydrogen) atoms. The first-order valence-electron chi connectivity index (χ1n) is 6.58. The molecule has 0 bridgehead atoms. The lowest BCUT2D eigenvalue weighted by atomic mass is 10.3. The van der Waals surface area contributed by atoms with Gasteiger partial charge in [-0.3, -0.25) is 9.48 Å². The second kappa shape index (κ2) is 6.86. The van der Waals surface area contributed by atoms with Gasteiger partial charge in [0.1, 0.15) is 4.90 Å². The fraction of sp³-hybridized carbons (Fsp3) is 0.538. The van der Waals surface area contributed by atoms with Crippen molar-refractivity contribution in [3.63, 3.8) is 0 Å². The number of sulfonamides is 1. The summed E-state index contributed by atoms with van der Waals surface area (Å²) < 4.78 is 28.8. The maximum Gasteiger partial charge on any atom is 0.305 e. The highest BCUT2D eigenvalue weighted by Gasteiger charge is 2.25. The fourth-order valence-electron chi connectivity index (χ4n) is 2.11. The number of hydrogen-bond acceptors (Lipinski definition) is 4. The third kappa shape index (κ3) is 4.40. The van der Waals surface area contributed by atoms with Crippen molar-refractivity contribution in [2.24, 2.45) is 0 Å². The van der Waals surface area contributed by atoms with Crippen LogP contribution in [0.25, 0.3) is 0 Å². The van der Waals surface area contributed by atoms with Crippen LogP contribution in [0.5, 0.6) is 0 Å². The van der Waals surface area contributed by atoms with Crippen molar-refractivity contribution < 1.29 is 18.3 Å². The van der Waals surface area contributed by atoms with Crippen LogP contribution in [0.3, 0.4) is 0 Å². The molecule has 0 saturated carbocycles. The molecule has 8 heteroatoms. The minimum absolute atomic E-state index is 0.109. The highest BCUT2D eigenvalue weighted by molar-refractivity contribution is 7.89. The van der Waals surface area contributed by atoms with E-state index in [1.54, 1.807) is 26.8 Å². The van der Waals surface area contributed by atoms with E-state index in [1.807, 2.05) is 0 Å². The monoisotopic (exact) mass is 315 g/mol. The molecule has 0 amide bonds. The average Bonchev–Trinajstić information content (AvgIpc) is 2.61. The van der Waals surface area contributed by atoms with E-state index in [0.717, 1.165) is 0 Å². The number of carboxylic acid groups (broad SMARTS) is 1. The average molecular weight is 315 g/mol. The van der Waals surface area contributed by atoms with Crippen molar-refractivity contribution in [1.29, 1.82) is 0 Å². The van der Waals surface area contributed by atoms with E-state index in [-0.39, 0.29) is 23.9 Å². The van der Waals surface area contributed by atoms with Gasteiger partial charge in [0, 0.05) is 6.04 Å². The van der Waals surface area contributed by atoms with Crippen molar-refractivity contribution >= 4 is 16.0 Å². The van der Waals surface area contributed by atoms with Gasteiger partial charge in [-0.1, -0.05) is 6.08 Å². The fourth-order valence-corrected chi connectivity index (χ4v) is 3.78. The SMILES string of the molecule is C=CCC(C)NS(=O)(=O)c1c(C)nn(CCC(=O)O)c1C. The van der Waals surface area contributed by atoms with Crippen LogP contribution in [0.4, 0.5) is 0 Å². The molecule has 0 aliphatic carbocycles. The molecule has 1 atom stereocenters. The first-order valence-corrected chi connectivity index (χ1v) is 8.06. The Hall–Kier alpha value is -1.67. The van der Waals surface area contributed by atoms with Crippen molar-refractivity contribution in [2.75, 3.05) is 0 Å². The van der Waals surface area contributed by atoms with Crippen molar-refractivity contribution in [1.82, 2.24) is 14.5 Å². The summed E-state index contributed by atoms with van der Waals surface area (Å²) in [6.07, 6.45) is 2.05. The van der Waals surface area contributed by atoms with Gasteiger partial charge in [0.15, 0.2) is 0 Å². The number of carboxylic acids is 1. The van der Waals surface area contributed by atoms with Gasteiger partial charge in [-0.05, 0) is 27.2 Å². The molecule has 0 aromatic carbocycles. The number of carbonyl (C=O) groups is 1. The summed E-state index contributed by atoms with van der Waals surface area (Å²) in [5, 5.41) is 12.8. The van der Waals surface area contributed by atoms with E-state index in [4.69, 9.17) is 5.11 Å². The number of aliphatic carboxylic acids is 1. The molecule has 1 rings (SSSR count). The summed E-state index contributed by atoms with van der Waals surface area (Å²) in [6.45, 7) is 8.68. The summed E-state index contributed by atoms with van der Waals surface area (Å²) in [7, 11) is -3.69. The smallest absolute Gasteiger partial charge is 0.305 e. The molecule has 0 spiro atoms. The topological polar surface area (TPSA) is 101 Å². The molecule has 0 fully saturated rings. The third-order valence-corrected chi connectivity index (χ3v) is 4.84. The second-order valence-electron chi connectivity index (χ2n) is 4.91. The number of hydrogen-bond donors (Lipinski definition) is 2. The number of rotatable bonds is 8. The van der Waals surface area contributed by atoms with E-state index in [2.05, 4.69) is 16.4 Å². The molecule has 0 saturated heterocycles. The van der Waals surface area contributed by atoms with Gasteiger partial charge in [-0.2, -0.15) is 5.10 Å². The Balaban J connectivity index is 3.07. The Bertz CT molecular complexity index is 634. The lowest BCUT2D eigenvalue weighted by Gasteiger charge is -2.12. The van der Waals surface area contributed by atoms with Crippen molar-refractivity contribution in [3.8, 4) is 0 Å². The van der Waals surface area contributed by atoms with Gasteiger partial charge in [0.05, 0.1) is 24.4 Å². The molecule has 1 aromatic heterocycles. The molecular weight excluding hydrogens is 294 g/mol. The number of aryl methyl sites for hydroxylation is 2. The predicted molar refractivity (Wildman–Crippen MR) is 78.6 cm³/mol. The maximum atomic E-state index is 12.4. The van der Waals surface area contributed by atoms with E-state index in [1.165, 1.54) is 4.68 Å². The van der Waals surface area contributed by atoms with Gasteiger partial charge >= 0.3 is 5.97 Å². The van der Waals surface area contributed by atoms with Crippen molar-refractivity contribution in [3.05, 3.63) is 24.0 Å². The maximum absolute atomic E-state index is 12.4. The zero-order valence-corrected chi connectivity index (χ0v) is 13.3. The minimum atomic E-state index is -3.69. The van der Waals surface area contributed by atoms with Gasteiger partial charge in [-0.25, -0.2) is 13.1 Å². The Labute approximate surface area is 124 Å². The Kier molecular flexibility index (Phi) is 5.68. The quantitative estimate of drug-likeness (QED) is 0.702. The zero-order chi connectivity index (χ0) is 16.2. The molecule has 2 N–H and O–H groups in total. The lowest BCUT2D eigenvalue weighted by molar-refractivity contribution is -0.137. The summed E-state index contributed by atoms with van der Waals surface area (Å²) >= 11 is 0. The van der Waals surface area contributed by atoms with Gasteiger partial charge in [0.2, 0.25) is 10.0 Å². The van der Waals surface area contributed by atoms with E-state index in [0.29, 0.717) is 17.8 Å². The highest BCUT2D eigenvalue weighted by atomic mass is 32.2. The molecule has 1 heterocycles. The number of nitrogens with one attached hydrogen (secondary N) is 1. The zero-order valence-electron chi connectivity index (χ0n) is 12.5. The molecule has 1 aromatic rings. The first kappa shape index (κ1) is 17.4. The number of nitrogens with zero attached hydrogens (tertiary/aromatic N) is 2. The van der Waals surface area contributed by atoms with Crippen LogP contribution in [0.1, 0.15) is 31.2 Å². The Morgan fingerprint density at radius 2 is 2.14 bits per heavy atom. The van der Waals surface area contributed by atoms with Crippen LogP contribution in [-0.2, 0) is 21.4 Å². The van der Waals surface area contributed by atoms with Crippen LogP contribution in [0.2, 0.25) is 0 Å². The molecule has 0 radical (unpaired) electrons. The summed E-state index contributed by atoms with van der Waals surface area (Å²) in [4.78, 5) is 10.7. The summed E-state index contributed by atoms with van der Waals surface area (Å²) in [5.74, 6) is -0.954. The standard InChI is InChI=1S/C13H21N3O4S/c1-5-6-9(2)15-21(19,20)13-10(3)14-16(11(13)4)8-7-12(17)18/h5,9,15H,1,6-8H2,2-4H3,(H,17,18). The van der Waals surface area contributed by atoms with Gasteiger partial charge in [0.25, 0.3) is 0 Å². The molecule has 1 unspecified atom stereocenters. The Morgan fingerprint density at radius 3 is 2.67 bits per heavy atom. The van der Waals surface area contributed by atoms with Crippen LogP contribution in [-0.4, -0.2) is 35.3 Å². The largest absolute Gasteiger partial charge is 0.481 e. The van der Waals surface area contributed by atoms with Crippen molar-refractivity contribution in [2.45, 2.75) is 51.1 Å². The van der Waals surface area contributed by atoms with Crippen LogP contribution >= 0.6 is 0 Å². The molecular formula is C13H21N3O4S. The molecule has 118 valence electrons. The van der Waals surface area contributed by atoms with E-state index < -0.39 is 16.0 Å². The van der Waals surface area contributed by atoms with E-state index in [9.17, 15) is 13.2 Å². The third-order valence-electron chi connectivity index (χ3n) is 3.00. The second-order valence-corrected chi connectivity index (χ2v) is 6.56. The molecule has 0 aliphatic heterocycles. The molecule has 7 nitrogen and oxygen atoms in total. The summed E-state index contributed by atoms with van der Waals surface area (Å²) in [5.41, 5.74) is 0.795. The van der Waals surface area contributed by atoms with Crippen LogP contribution in [0, 0.1) is 13.8 Å². The highest BCUT2D eigenvalue weighted by Crippen LogP contribution is 2.20. The lowest BCUT2D eigenvalue weighted by Crippen LogP contribution is -2.32. The van der Waals surface area contributed by atoms with Crippen LogP contribution < -0.4 is 4.72 Å². The van der Waals surface area contributed by atoms with Crippen LogP contribution in [0.15, 0.2) is 17.6 Å². The predicted octanol–water partition coefficient (Wildman–Crippen LogP) is 1.22. The first-order chi connectivity index (χ1) is 9.69. The normalized spacial score (nSPS) is 13.1. The van der Waals surface area contributed by atoms with E-state index >= 15 is 0 Å². The minimum Gasteiger partial charge on any atom is -0.481 e. The van der Waals surface area contributed by atoms with Gasteiger partial charge < -0.3 is 5.11 Å². The number of aromatic nitrogens is 2. The summed E-state index contributed by atoms with van der Waals surface area (Å²) in [6, 6.07) is -0.270. The van der Waals surface area contributed by atoms with Gasteiger partial charge in [-0.15, -0.1) is 6.58 Å².